The lowest BCUT2D eigenvalue weighted by molar-refractivity contribution is 0.0768. The van der Waals surface area contributed by atoms with Crippen LogP contribution in [0.2, 0.25) is 0 Å². The second-order valence-electron chi connectivity index (χ2n) is 8.19. The second-order valence-corrected chi connectivity index (χ2v) is 8.19. The molecule has 7 heteroatoms. The molecule has 3 heterocycles. The van der Waals surface area contributed by atoms with Gasteiger partial charge in [0, 0.05) is 19.1 Å². The lowest BCUT2D eigenvalue weighted by Gasteiger charge is -2.36. The highest BCUT2D eigenvalue weighted by Gasteiger charge is 2.28. The summed E-state index contributed by atoms with van der Waals surface area (Å²) in [6.45, 7) is 3.30. The number of carbonyl (C=O) groups excluding carboxylic acids is 1. The van der Waals surface area contributed by atoms with Gasteiger partial charge >= 0.3 is 6.09 Å². The van der Waals surface area contributed by atoms with E-state index in [1.54, 1.807) is 15.8 Å². The van der Waals surface area contributed by atoms with Crippen molar-refractivity contribution < 1.29 is 14.3 Å². The summed E-state index contributed by atoms with van der Waals surface area (Å²) in [5.41, 5.74) is 1.69. The number of piperidine rings is 1. The molecule has 0 N–H and O–H groups in total. The summed E-state index contributed by atoms with van der Waals surface area (Å²) in [5.74, 6) is 0.906. The SMILES string of the molecule is O=C1OCCN1c1cnn(-c2ccc(OC3CCN(C4CCCC4)CC3)cc2)c1. The molecule has 2 aliphatic heterocycles. The maximum Gasteiger partial charge on any atom is 0.414 e. The molecule has 2 aromatic rings. The van der Waals surface area contributed by atoms with E-state index in [9.17, 15) is 4.79 Å². The Hall–Kier alpha value is -2.54. The molecule has 0 bridgehead atoms. The molecular formula is C22H28N4O3. The Morgan fingerprint density at radius 3 is 2.41 bits per heavy atom. The van der Waals surface area contributed by atoms with Gasteiger partial charge in [0.1, 0.15) is 18.5 Å². The lowest BCUT2D eigenvalue weighted by Crippen LogP contribution is -2.43. The van der Waals surface area contributed by atoms with Gasteiger partial charge in [0.2, 0.25) is 0 Å². The number of rotatable bonds is 5. The molecule has 7 nitrogen and oxygen atoms in total. The fourth-order valence-electron chi connectivity index (χ4n) is 4.72. The van der Waals surface area contributed by atoms with E-state index < -0.39 is 0 Å². The minimum atomic E-state index is -0.313. The molecule has 1 aromatic carbocycles. The molecule has 0 unspecified atom stereocenters. The van der Waals surface area contributed by atoms with Gasteiger partial charge in [-0.25, -0.2) is 9.48 Å². The standard InChI is InChI=1S/C22H28N4O3/c27-22-25(13-14-28-22)19-15-23-26(16-19)18-5-7-20(8-6-18)29-21-9-11-24(12-10-21)17-3-1-2-4-17/h5-8,15-17,21H,1-4,9-14H2. The number of carbonyl (C=O) groups is 1. The van der Waals surface area contributed by atoms with Crippen LogP contribution in [0.15, 0.2) is 36.7 Å². The highest BCUT2D eigenvalue weighted by atomic mass is 16.6. The molecule has 3 fully saturated rings. The van der Waals surface area contributed by atoms with Crippen LogP contribution in [0.4, 0.5) is 10.5 Å². The first-order valence-corrected chi connectivity index (χ1v) is 10.8. The Bertz CT molecular complexity index is 836. The highest BCUT2D eigenvalue weighted by molar-refractivity contribution is 5.88. The number of nitrogens with zero attached hydrogens (tertiary/aromatic N) is 4. The average Bonchev–Trinajstić information content (AvgIpc) is 3.51. The number of likely N-dealkylation sites (tertiary alicyclic amines) is 1. The summed E-state index contributed by atoms with van der Waals surface area (Å²) in [6, 6.07) is 8.83. The second kappa shape index (κ2) is 8.06. The quantitative estimate of drug-likeness (QED) is 0.773. The van der Waals surface area contributed by atoms with Crippen molar-refractivity contribution in [3.05, 3.63) is 36.7 Å². The lowest BCUT2D eigenvalue weighted by atomic mass is 10.0. The van der Waals surface area contributed by atoms with Crippen LogP contribution in [0.5, 0.6) is 5.75 Å². The van der Waals surface area contributed by atoms with Crippen molar-refractivity contribution >= 4 is 11.8 Å². The Kier molecular flexibility index (Phi) is 5.14. The largest absolute Gasteiger partial charge is 0.490 e. The van der Waals surface area contributed by atoms with Gasteiger partial charge in [0.05, 0.1) is 30.3 Å². The number of cyclic esters (lactones) is 1. The third-order valence-electron chi connectivity index (χ3n) is 6.36. The first kappa shape index (κ1) is 18.5. The molecule has 154 valence electrons. The van der Waals surface area contributed by atoms with Crippen molar-refractivity contribution in [1.29, 1.82) is 0 Å². The maximum absolute atomic E-state index is 11.7. The Morgan fingerprint density at radius 2 is 1.72 bits per heavy atom. The highest BCUT2D eigenvalue weighted by Crippen LogP contribution is 2.28. The fraction of sp³-hybridized carbons (Fsp3) is 0.545. The van der Waals surface area contributed by atoms with E-state index in [-0.39, 0.29) is 6.09 Å². The number of hydrogen-bond donors (Lipinski definition) is 0. The van der Waals surface area contributed by atoms with Crippen molar-refractivity contribution in [2.45, 2.75) is 50.7 Å². The molecule has 0 spiro atoms. The molecule has 1 saturated carbocycles. The predicted molar refractivity (Wildman–Crippen MR) is 110 cm³/mol. The van der Waals surface area contributed by atoms with Gasteiger partial charge in [-0.1, -0.05) is 12.8 Å². The first-order chi connectivity index (χ1) is 14.3. The van der Waals surface area contributed by atoms with E-state index in [0.717, 1.165) is 49.1 Å². The van der Waals surface area contributed by atoms with E-state index in [2.05, 4.69) is 10.00 Å². The summed E-state index contributed by atoms with van der Waals surface area (Å²) in [6.07, 6.45) is 11.3. The molecule has 0 radical (unpaired) electrons. The molecule has 3 aliphatic rings. The average molecular weight is 396 g/mol. The van der Waals surface area contributed by atoms with Crippen molar-refractivity contribution in [2.75, 3.05) is 31.1 Å². The molecule has 0 atom stereocenters. The van der Waals surface area contributed by atoms with Gasteiger partial charge in [-0.3, -0.25) is 4.90 Å². The monoisotopic (exact) mass is 396 g/mol. The zero-order valence-electron chi connectivity index (χ0n) is 16.7. The maximum atomic E-state index is 11.7. The normalized spacial score (nSPS) is 21.7. The molecule has 1 aromatic heterocycles. The Morgan fingerprint density at radius 1 is 0.966 bits per heavy atom. The molecule has 1 amide bonds. The Balaban J connectivity index is 1.17. The van der Waals surface area contributed by atoms with E-state index >= 15 is 0 Å². The minimum Gasteiger partial charge on any atom is -0.490 e. The van der Waals surface area contributed by atoms with Gasteiger partial charge in [0.15, 0.2) is 0 Å². The van der Waals surface area contributed by atoms with Crippen molar-refractivity contribution in [3.63, 3.8) is 0 Å². The smallest absolute Gasteiger partial charge is 0.414 e. The van der Waals surface area contributed by atoms with Crippen LogP contribution < -0.4 is 9.64 Å². The van der Waals surface area contributed by atoms with Crippen LogP contribution in [-0.4, -0.2) is 59.2 Å². The zero-order valence-corrected chi connectivity index (χ0v) is 16.7. The topological polar surface area (TPSA) is 59.8 Å². The zero-order chi connectivity index (χ0) is 19.6. The van der Waals surface area contributed by atoms with Gasteiger partial charge < -0.3 is 14.4 Å². The number of anilines is 1. The van der Waals surface area contributed by atoms with Crippen molar-refractivity contribution in [2.24, 2.45) is 0 Å². The van der Waals surface area contributed by atoms with Crippen LogP contribution in [0.25, 0.3) is 5.69 Å². The minimum absolute atomic E-state index is 0.302. The summed E-state index contributed by atoms with van der Waals surface area (Å²) in [7, 11) is 0. The summed E-state index contributed by atoms with van der Waals surface area (Å²) in [5, 5.41) is 4.38. The van der Waals surface area contributed by atoms with E-state index in [1.807, 2.05) is 30.5 Å². The third kappa shape index (κ3) is 3.96. The van der Waals surface area contributed by atoms with Crippen LogP contribution in [0.3, 0.4) is 0 Å². The number of benzene rings is 1. The summed E-state index contributed by atoms with van der Waals surface area (Å²) < 4.78 is 13.0. The van der Waals surface area contributed by atoms with Crippen LogP contribution in [-0.2, 0) is 4.74 Å². The first-order valence-electron chi connectivity index (χ1n) is 10.8. The van der Waals surface area contributed by atoms with Crippen LogP contribution >= 0.6 is 0 Å². The number of aromatic nitrogens is 2. The van der Waals surface area contributed by atoms with Gasteiger partial charge in [-0.2, -0.15) is 5.10 Å². The summed E-state index contributed by atoms with van der Waals surface area (Å²) >= 11 is 0. The summed E-state index contributed by atoms with van der Waals surface area (Å²) in [4.78, 5) is 16.0. The predicted octanol–water partition coefficient (Wildman–Crippen LogP) is 3.61. The number of ether oxygens (including phenoxy) is 2. The Labute approximate surface area is 171 Å². The van der Waals surface area contributed by atoms with Gasteiger partial charge in [-0.05, 0) is 49.9 Å². The van der Waals surface area contributed by atoms with E-state index in [0.29, 0.717) is 19.3 Å². The van der Waals surface area contributed by atoms with Crippen LogP contribution in [0.1, 0.15) is 38.5 Å². The van der Waals surface area contributed by atoms with Crippen molar-refractivity contribution in [1.82, 2.24) is 14.7 Å². The molecule has 5 rings (SSSR count). The number of hydrogen-bond acceptors (Lipinski definition) is 5. The fourth-order valence-corrected chi connectivity index (χ4v) is 4.72. The van der Waals surface area contributed by atoms with E-state index in [1.165, 1.54) is 25.7 Å². The molecule has 2 saturated heterocycles. The van der Waals surface area contributed by atoms with E-state index in [4.69, 9.17) is 9.47 Å². The van der Waals surface area contributed by atoms with Crippen LogP contribution in [0, 0.1) is 0 Å². The molecule has 1 aliphatic carbocycles. The van der Waals surface area contributed by atoms with Crippen molar-refractivity contribution in [3.8, 4) is 11.4 Å². The number of amides is 1. The third-order valence-corrected chi connectivity index (χ3v) is 6.36. The van der Waals surface area contributed by atoms with Gasteiger partial charge in [-0.15, -0.1) is 0 Å². The molecule has 29 heavy (non-hydrogen) atoms. The molecular weight excluding hydrogens is 368 g/mol. The van der Waals surface area contributed by atoms with Gasteiger partial charge in [0.25, 0.3) is 0 Å².